The molecule has 1 aliphatic heterocycles. The summed E-state index contributed by atoms with van der Waals surface area (Å²) in [6, 6.07) is 17.6. The maximum absolute atomic E-state index is 13.6. The normalized spacial score (nSPS) is 16.4. The molecular formula is C26H25NO6S. The van der Waals surface area contributed by atoms with Crippen LogP contribution in [0.4, 0.5) is 0 Å². The lowest BCUT2D eigenvalue weighted by Gasteiger charge is -2.15. The minimum Gasteiger partial charge on any atom is -0.490 e. The molecule has 0 bridgehead atoms. The fourth-order valence-corrected chi connectivity index (χ4v) is 4.00. The van der Waals surface area contributed by atoms with Crippen LogP contribution in [0.15, 0.2) is 72.4 Å². The van der Waals surface area contributed by atoms with Gasteiger partial charge in [-0.25, -0.2) is 0 Å². The minimum absolute atomic E-state index is 0.0606. The number of ketones is 1. The summed E-state index contributed by atoms with van der Waals surface area (Å²) in [4.78, 5) is 13.6. The molecule has 1 atom stereocenters. The van der Waals surface area contributed by atoms with Gasteiger partial charge in [0.2, 0.25) is 5.78 Å². The van der Waals surface area contributed by atoms with Crippen molar-refractivity contribution >= 4 is 38.5 Å². The number of fused-ring (bicyclic) bond motifs is 1. The van der Waals surface area contributed by atoms with Crippen molar-refractivity contribution in [1.82, 2.24) is 0 Å². The van der Waals surface area contributed by atoms with Gasteiger partial charge in [-0.1, -0.05) is 66.3 Å². The number of Topliss-reactive ketones (excluding diaryl/α,β-unsaturated/α-hetero) is 1. The Labute approximate surface area is 198 Å². The SMILES string of the molecule is C=Cc1ccc(/C(=N\OS(C)(=O)=O)C(=O)c2ccc(OCC3CCCO3)c3ccccc23)cc1. The first-order chi connectivity index (χ1) is 16.4. The lowest BCUT2D eigenvalue weighted by molar-refractivity contribution is 0.0685. The molecule has 0 spiro atoms. The lowest BCUT2D eigenvalue weighted by atomic mass is 9.95. The van der Waals surface area contributed by atoms with Crippen LogP contribution in [-0.4, -0.2) is 45.5 Å². The number of rotatable bonds is 9. The number of ether oxygens (including phenoxy) is 2. The van der Waals surface area contributed by atoms with Crippen molar-refractivity contribution < 1.29 is 27.0 Å². The summed E-state index contributed by atoms with van der Waals surface area (Å²) >= 11 is 0. The lowest BCUT2D eigenvalue weighted by Crippen LogP contribution is -2.18. The Morgan fingerprint density at radius 1 is 1.12 bits per heavy atom. The minimum atomic E-state index is -3.91. The number of hydrogen-bond donors (Lipinski definition) is 0. The molecule has 1 heterocycles. The van der Waals surface area contributed by atoms with E-state index < -0.39 is 15.9 Å². The van der Waals surface area contributed by atoms with Gasteiger partial charge in [-0.05, 0) is 35.9 Å². The molecule has 1 unspecified atom stereocenters. The van der Waals surface area contributed by atoms with E-state index in [2.05, 4.69) is 16.0 Å². The van der Waals surface area contributed by atoms with Crippen LogP contribution in [-0.2, 0) is 19.1 Å². The highest BCUT2D eigenvalue weighted by atomic mass is 32.2. The molecule has 8 heteroatoms. The van der Waals surface area contributed by atoms with E-state index in [4.69, 9.17) is 9.47 Å². The van der Waals surface area contributed by atoms with Crippen LogP contribution in [0.3, 0.4) is 0 Å². The van der Waals surface area contributed by atoms with Crippen molar-refractivity contribution in [2.24, 2.45) is 5.16 Å². The average molecular weight is 480 g/mol. The predicted molar refractivity (Wildman–Crippen MR) is 132 cm³/mol. The van der Waals surface area contributed by atoms with Crippen molar-refractivity contribution in [2.75, 3.05) is 19.5 Å². The van der Waals surface area contributed by atoms with Gasteiger partial charge >= 0.3 is 10.1 Å². The van der Waals surface area contributed by atoms with Crippen LogP contribution in [0, 0.1) is 0 Å². The fourth-order valence-electron chi connectivity index (χ4n) is 3.79. The molecule has 0 saturated carbocycles. The first kappa shape index (κ1) is 23.7. The van der Waals surface area contributed by atoms with Crippen LogP contribution < -0.4 is 4.74 Å². The van der Waals surface area contributed by atoms with Crippen LogP contribution in [0.1, 0.15) is 34.3 Å². The molecule has 0 N–H and O–H groups in total. The van der Waals surface area contributed by atoms with E-state index in [9.17, 15) is 13.2 Å². The molecular weight excluding hydrogens is 454 g/mol. The molecule has 3 aromatic rings. The molecule has 1 saturated heterocycles. The van der Waals surface area contributed by atoms with Crippen LogP contribution in [0.2, 0.25) is 0 Å². The van der Waals surface area contributed by atoms with E-state index in [-0.39, 0.29) is 11.8 Å². The molecule has 3 aromatic carbocycles. The molecule has 0 aliphatic carbocycles. The Hall–Kier alpha value is -3.49. The van der Waals surface area contributed by atoms with E-state index in [0.29, 0.717) is 28.9 Å². The Balaban J connectivity index is 1.73. The molecule has 7 nitrogen and oxygen atoms in total. The summed E-state index contributed by atoms with van der Waals surface area (Å²) in [5.74, 6) is 0.167. The van der Waals surface area contributed by atoms with Gasteiger partial charge in [0, 0.05) is 23.1 Å². The van der Waals surface area contributed by atoms with Crippen molar-refractivity contribution in [3.63, 3.8) is 0 Å². The standard InChI is InChI=1S/C26H25NO6S/c1-3-18-10-12-19(13-11-18)25(27-33-34(2,29)30)26(28)23-14-15-24(22-9-5-4-8-21(22)23)32-17-20-7-6-16-31-20/h3-5,8-15,20H,1,6-7,16-17H2,2H3/b27-25+. The molecule has 1 aliphatic rings. The molecule has 1 fully saturated rings. The first-order valence-corrected chi connectivity index (χ1v) is 12.7. The highest BCUT2D eigenvalue weighted by molar-refractivity contribution is 7.85. The third kappa shape index (κ3) is 5.52. The topological polar surface area (TPSA) is 91.3 Å². The van der Waals surface area contributed by atoms with Crippen LogP contribution in [0.25, 0.3) is 16.8 Å². The quantitative estimate of drug-likeness (QED) is 0.253. The Kier molecular flexibility index (Phi) is 7.09. The van der Waals surface area contributed by atoms with E-state index in [1.165, 1.54) is 0 Å². The number of carbonyl (C=O) groups excluding carboxylic acids is 1. The first-order valence-electron chi connectivity index (χ1n) is 10.9. The van der Waals surface area contributed by atoms with Gasteiger partial charge in [0.05, 0.1) is 12.4 Å². The zero-order valence-corrected chi connectivity index (χ0v) is 19.6. The van der Waals surface area contributed by atoms with Crippen LogP contribution in [0.5, 0.6) is 5.75 Å². The van der Waals surface area contributed by atoms with Gasteiger partial charge in [-0.3, -0.25) is 9.08 Å². The monoisotopic (exact) mass is 479 g/mol. The van der Waals surface area contributed by atoms with Crippen molar-refractivity contribution in [3.8, 4) is 5.75 Å². The van der Waals surface area contributed by atoms with Gasteiger partial charge < -0.3 is 9.47 Å². The second-order valence-electron chi connectivity index (χ2n) is 7.98. The highest BCUT2D eigenvalue weighted by Crippen LogP contribution is 2.30. The van der Waals surface area contributed by atoms with Crippen molar-refractivity contribution in [3.05, 3.63) is 83.9 Å². The number of benzene rings is 3. The fraction of sp³-hybridized carbons (Fsp3) is 0.231. The van der Waals surface area contributed by atoms with Gasteiger partial charge in [-0.2, -0.15) is 8.42 Å². The number of carbonyl (C=O) groups is 1. The molecule has 0 aromatic heterocycles. The van der Waals surface area contributed by atoms with Crippen LogP contribution >= 0.6 is 0 Å². The Morgan fingerprint density at radius 2 is 1.85 bits per heavy atom. The maximum atomic E-state index is 13.6. The molecule has 34 heavy (non-hydrogen) atoms. The summed E-state index contributed by atoms with van der Waals surface area (Å²) in [6.45, 7) is 4.89. The molecule has 176 valence electrons. The summed E-state index contributed by atoms with van der Waals surface area (Å²) in [7, 11) is -3.91. The third-order valence-electron chi connectivity index (χ3n) is 5.48. The molecule has 4 rings (SSSR count). The van der Waals surface area contributed by atoms with Gasteiger partial charge in [0.1, 0.15) is 12.4 Å². The molecule has 0 radical (unpaired) electrons. The number of hydrogen-bond acceptors (Lipinski definition) is 7. The Morgan fingerprint density at radius 3 is 2.50 bits per heavy atom. The molecule has 0 amide bonds. The van der Waals surface area contributed by atoms with E-state index in [1.54, 1.807) is 42.5 Å². The van der Waals surface area contributed by atoms with E-state index in [0.717, 1.165) is 36.7 Å². The zero-order chi connectivity index (χ0) is 24.1. The smallest absolute Gasteiger partial charge is 0.325 e. The summed E-state index contributed by atoms with van der Waals surface area (Å²) in [5.41, 5.74) is 1.49. The maximum Gasteiger partial charge on any atom is 0.325 e. The van der Waals surface area contributed by atoms with Crippen molar-refractivity contribution in [2.45, 2.75) is 18.9 Å². The number of nitrogens with zero attached hydrogens (tertiary/aromatic N) is 1. The Bertz CT molecular complexity index is 1340. The van der Waals surface area contributed by atoms with Gasteiger partial charge in [0.25, 0.3) is 0 Å². The second-order valence-corrected chi connectivity index (χ2v) is 9.53. The summed E-state index contributed by atoms with van der Waals surface area (Å²) in [6.07, 6.45) is 4.57. The van der Waals surface area contributed by atoms with E-state index in [1.807, 2.05) is 24.3 Å². The number of oxime groups is 1. The summed E-state index contributed by atoms with van der Waals surface area (Å²) in [5, 5.41) is 5.14. The second kappa shape index (κ2) is 10.2. The average Bonchev–Trinajstić information content (AvgIpc) is 3.36. The summed E-state index contributed by atoms with van der Waals surface area (Å²) < 4.78 is 39.5. The largest absolute Gasteiger partial charge is 0.490 e. The van der Waals surface area contributed by atoms with Gasteiger partial charge in [0.15, 0.2) is 5.71 Å². The zero-order valence-electron chi connectivity index (χ0n) is 18.8. The van der Waals surface area contributed by atoms with Gasteiger partial charge in [-0.15, -0.1) is 0 Å². The third-order valence-corrected chi connectivity index (χ3v) is 5.82. The highest BCUT2D eigenvalue weighted by Gasteiger charge is 2.22. The van der Waals surface area contributed by atoms with Crippen molar-refractivity contribution in [1.29, 1.82) is 0 Å². The predicted octanol–water partition coefficient (Wildman–Crippen LogP) is 4.60. The van der Waals surface area contributed by atoms with E-state index >= 15 is 0 Å².